The fourth-order valence-corrected chi connectivity index (χ4v) is 2.81. The van der Waals surface area contributed by atoms with Crippen LogP contribution in [0.25, 0.3) is 0 Å². The number of nitrogens with one attached hydrogen (secondary N) is 2. The molecule has 80 valence electrons. The van der Waals surface area contributed by atoms with Gasteiger partial charge in [0.25, 0.3) is 0 Å². The van der Waals surface area contributed by atoms with Crippen LogP contribution < -0.4 is 10.6 Å². The van der Waals surface area contributed by atoms with Gasteiger partial charge in [-0.2, -0.15) is 0 Å². The normalized spacial score (nSPS) is 27.3. The van der Waals surface area contributed by atoms with Gasteiger partial charge in [0, 0.05) is 18.2 Å². The molecular weight excluding hydrogens is 196 g/mol. The molecule has 1 heterocycles. The van der Waals surface area contributed by atoms with Crippen LogP contribution in [0.1, 0.15) is 25.7 Å². The molecule has 4 heteroatoms. The van der Waals surface area contributed by atoms with E-state index in [-0.39, 0.29) is 11.9 Å². The Labute approximate surface area is 89.4 Å². The molecule has 3 nitrogen and oxygen atoms in total. The minimum atomic E-state index is 0.0568. The molecule has 0 bridgehead atoms. The molecule has 2 aliphatic rings. The second-order valence-electron chi connectivity index (χ2n) is 4.15. The van der Waals surface area contributed by atoms with Crippen molar-refractivity contribution in [2.24, 2.45) is 5.92 Å². The number of amides is 1. The van der Waals surface area contributed by atoms with Crippen LogP contribution in [-0.2, 0) is 4.79 Å². The van der Waals surface area contributed by atoms with E-state index in [1.54, 1.807) is 11.8 Å². The summed E-state index contributed by atoms with van der Waals surface area (Å²) in [5.74, 6) is 2.92. The molecule has 2 rings (SSSR count). The Kier molecular flexibility index (Phi) is 3.70. The molecule has 2 N–H and O–H groups in total. The third kappa shape index (κ3) is 2.64. The van der Waals surface area contributed by atoms with Crippen molar-refractivity contribution in [3.8, 4) is 0 Å². The molecule has 0 aromatic rings. The molecule has 2 fully saturated rings. The highest BCUT2D eigenvalue weighted by Gasteiger charge is 2.22. The zero-order valence-electron chi connectivity index (χ0n) is 8.42. The topological polar surface area (TPSA) is 41.1 Å². The predicted octanol–water partition coefficient (Wildman–Crippen LogP) is 0.955. The number of carbonyl (C=O) groups is 1. The molecule has 0 aromatic carbocycles. The molecule has 1 amide bonds. The molecule has 1 aliphatic heterocycles. The van der Waals surface area contributed by atoms with E-state index in [9.17, 15) is 4.79 Å². The fraction of sp³-hybridized carbons (Fsp3) is 0.900. The Morgan fingerprint density at radius 3 is 2.93 bits per heavy atom. The maximum absolute atomic E-state index is 11.5. The molecule has 14 heavy (non-hydrogen) atoms. The number of hydrogen-bond donors (Lipinski definition) is 2. The maximum atomic E-state index is 11.5. The third-order valence-corrected chi connectivity index (χ3v) is 4.05. The van der Waals surface area contributed by atoms with E-state index in [2.05, 4.69) is 10.6 Å². The summed E-state index contributed by atoms with van der Waals surface area (Å²) in [5, 5.41) is 6.18. The standard InChI is InChI=1S/C10H18N2OS/c13-10(9-6-14-7-12-9)11-5-4-8-2-1-3-8/h8-9,12H,1-7H2,(H,11,13). The van der Waals surface area contributed by atoms with Gasteiger partial charge in [-0.3, -0.25) is 10.1 Å². The minimum absolute atomic E-state index is 0.0568. The first-order chi connectivity index (χ1) is 6.86. The van der Waals surface area contributed by atoms with Crippen LogP contribution >= 0.6 is 11.8 Å². The molecule has 1 saturated heterocycles. The van der Waals surface area contributed by atoms with Crippen LogP contribution in [0.15, 0.2) is 0 Å². The number of rotatable bonds is 4. The van der Waals surface area contributed by atoms with Crippen molar-refractivity contribution in [1.29, 1.82) is 0 Å². The summed E-state index contributed by atoms with van der Waals surface area (Å²) in [4.78, 5) is 11.5. The van der Waals surface area contributed by atoms with Crippen LogP contribution in [0.3, 0.4) is 0 Å². The highest BCUT2D eigenvalue weighted by molar-refractivity contribution is 7.99. The molecule has 0 radical (unpaired) electrons. The summed E-state index contributed by atoms with van der Waals surface area (Å²) in [7, 11) is 0. The van der Waals surface area contributed by atoms with Crippen molar-refractivity contribution in [1.82, 2.24) is 10.6 Å². The summed E-state index contributed by atoms with van der Waals surface area (Å²) in [6, 6.07) is 0.0568. The summed E-state index contributed by atoms with van der Waals surface area (Å²) >= 11 is 1.79. The van der Waals surface area contributed by atoms with Crippen LogP contribution in [0.2, 0.25) is 0 Å². The van der Waals surface area contributed by atoms with E-state index in [4.69, 9.17) is 0 Å². The SMILES string of the molecule is O=C(NCCC1CCC1)C1CSCN1. The van der Waals surface area contributed by atoms with Crippen molar-refractivity contribution in [2.75, 3.05) is 18.2 Å². The Balaban J connectivity index is 1.57. The van der Waals surface area contributed by atoms with Gasteiger partial charge in [0.15, 0.2) is 0 Å². The molecule has 1 atom stereocenters. The fourth-order valence-electron chi connectivity index (χ4n) is 1.87. The van der Waals surface area contributed by atoms with Crippen molar-refractivity contribution < 1.29 is 4.79 Å². The highest BCUT2D eigenvalue weighted by Crippen LogP contribution is 2.28. The van der Waals surface area contributed by atoms with Crippen molar-refractivity contribution in [2.45, 2.75) is 31.7 Å². The minimum Gasteiger partial charge on any atom is -0.355 e. The molecule has 1 saturated carbocycles. The maximum Gasteiger partial charge on any atom is 0.238 e. The van der Waals surface area contributed by atoms with Gasteiger partial charge in [0.1, 0.15) is 0 Å². The Bertz CT molecular complexity index is 200. The quantitative estimate of drug-likeness (QED) is 0.732. The lowest BCUT2D eigenvalue weighted by Crippen LogP contribution is -2.42. The lowest BCUT2D eigenvalue weighted by molar-refractivity contribution is -0.122. The van der Waals surface area contributed by atoms with Gasteiger partial charge in [-0.1, -0.05) is 19.3 Å². The molecule has 0 aromatic heterocycles. The van der Waals surface area contributed by atoms with Crippen LogP contribution in [0.5, 0.6) is 0 Å². The Morgan fingerprint density at radius 2 is 2.36 bits per heavy atom. The molecular formula is C10H18N2OS. The van der Waals surface area contributed by atoms with E-state index in [0.717, 1.165) is 24.1 Å². The van der Waals surface area contributed by atoms with Crippen LogP contribution in [0, 0.1) is 5.92 Å². The van der Waals surface area contributed by atoms with Gasteiger partial charge in [-0.15, -0.1) is 11.8 Å². The summed E-state index contributed by atoms with van der Waals surface area (Å²) in [6.07, 6.45) is 5.30. The third-order valence-electron chi connectivity index (χ3n) is 3.11. The van der Waals surface area contributed by atoms with Gasteiger partial charge in [0.05, 0.1) is 6.04 Å². The first-order valence-electron chi connectivity index (χ1n) is 5.45. The average Bonchev–Trinajstić information content (AvgIpc) is 2.61. The largest absolute Gasteiger partial charge is 0.355 e. The van der Waals surface area contributed by atoms with Gasteiger partial charge in [-0.05, 0) is 12.3 Å². The highest BCUT2D eigenvalue weighted by atomic mass is 32.2. The van der Waals surface area contributed by atoms with Crippen LogP contribution in [0.4, 0.5) is 0 Å². The number of thioether (sulfide) groups is 1. The lowest BCUT2D eigenvalue weighted by atomic mass is 9.83. The Morgan fingerprint density at radius 1 is 1.50 bits per heavy atom. The lowest BCUT2D eigenvalue weighted by Gasteiger charge is -2.25. The van der Waals surface area contributed by atoms with Gasteiger partial charge in [-0.25, -0.2) is 0 Å². The van der Waals surface area contributed by atoms with Crippen LogP contribution in [-0.4, -0.2) is 30.1 Å². The van der Waals surface area contributed by atoms with Gasteiger partial charge in [0.2, 0.25) is 5.91 Å². The molecule has 1 aliphatic carbocycles. The summed E-state index contributed by atoms with van der Waals surface area (Å²) < 4.78 is 0. The molecule has 1 unspecified atom stereocenters. The van der Waals surface area contributed by atoms with E-state index in [0.29, 0.717) is 0 Å². The van der Waals surface area contributed by atoms with Crippen molar-refractivity contribution in [3.05, 3.63) is 0 Å². The monoisotopic (exact) mass is 214 g/mol. The van der Waals surface area contributed by atoms with Crippen molar-refractivity contribution in [3.63, 3.8) is 0 Å². The predicted molar refractivity (Wildman–Crippen MR) is 59.2 cm³/mol. The number of hydrogen-bond acceptors (Lipinski definition) is 3. The summed E-state index contributed by atoms with van der Waals surface area (Å²) in [5.41, 5.74) is 0. The zero-order chi connectivity index (χ0) is 9.80. The van der Waals surface area contributed by atoms with Gasteiger partial charge >= 0.3 is 0 Å². The van der Waals surface area contributed by atoms with Gasteiger partial charge < -0.3 is 5.32 Å². The van der Waals surface area contributed by atoms with Crippen molar-refractivity contribution >= 4 is 17.7 Å². The smallest absolute Gasteiger partial charge is 0.238 e. The number of carbonyl (C=O) groups excluding carboxylic acids is 1. The second kappa shape index (κ2) is 5.03. The first kappa shape index (κ1) is 10.3. The van der Waals surface area contributed by atoms with E-state index in [1.165, 1.54) is 25.7 Å². The second-order valence-corrected chi connectivity index (χ2v) is 5.18. The van der Waals surface area contributed by atoms with E-state index < -0.39 is 0 Å². The molecule has 0 spiro atoms. The average molecular weight is 214 g/mol. The summed E-state index contributed by atoms with van der Waals surface area (Å²) in [6.45, 7) is 0.867. The Hall–Kier alpha value is -0.220. The zero-order valence-corrected chi connectivity index (χ0v) is 9.24. The van der Waals surface area contributed by atoms with E-state index >= 15 is 0 Å². The van der Waals surface area contributed by atoms with E-state index in [1.807, 2.05) is 0 Å². The first-order valence-corrected chi connectivity index (χ1v) is 6.60.